The van der Waals surface area contributed by atoms with Gasteiger partial charge in [0.25, 0.3) is 5.56 Å². The summed E-state index contributed by atoms with van der Waals surface area (Å²) < 4.78 is 46.4. The van der Waals surface area contributed by atoms with E-state index in [-0.39, 0.29) is 21.7 Å². The predicted octanol–water partition coefficient (Wildman–Crippen LogP) is 3.90. The molecular formula is C21H15ClF3N5O3. The van der Waals surface area contributed by atoms with Crippen LogP contribution in [0, 0.1) is 0 Å². The lowest BCUT2D eigenvalue weighted by Crippen LogP contribution is -2.28. The van der Waals surface area contributed by atoms with Gasteiger partial charge in [0, 0.05) is 0 Å². The zero-order chi connectivity index (χ0) is 23.8. The number of hydrogen-bond donors (Lipinski definition) is 1. The first-order valence-electron chi connectivity index (χ1n) is 9.41. The Hall–Kier alpha value is -3.86. The minimum Gasteiger partial charge on any atom is -0.497 e. The lowest BCUT2D eigenvalue weighted by molar-refractivity contribution is -0.137. The van der Waals surface area contributed by atoms with E-state index in [9.17, 15) is 22.8 Å². The van der Waals surface area contributed by atoms with E-state index in [4.69, 9.17) is 16.3 Å². The Bertz CT molecular complexity index is 1400. The smallest absolute Gasteiger partial charge is 0.416 e. The standard InChI is InChI=1S/C21H15ClF3N5O3/c1-33-14-5-3-13(4-6-14)30-19-15(9-27-30)20(32)29(11-26-19)10-18(31)28-17-8-12(21(23,24)25)2-7-16(17)22/h2-9,11H,10H2,1H3,(H,28,31). The third kappa shape index (κ3) is 4.53. The van der Waals surface area contributed by atoms with Gasteiger partial charge in [-0.3, -0.25) is 14.2 Å². The lowest BCUT2D eigenvalue weighted by Gasteiger charge is -2.12. The van der Waals surface area contributed by atoms with Crippen LogP contribution in [0.2, 0.25) is 5.02 Å². The summed E-state index contributed by atoms with van der Waals surface area (Å²) in [6.07, 6.45) is -2.10. The second-order valence-corrected chi connectivity index (χ2v) is 7.32. The zero-order valence-electron chi connectivity index (χ0n) is 16.9. The molecular weight excluding hydrogens is 463 g/mol. The molecule has 2 aromatic heterocycles. The first kappa shape index (κ1) is 22.3. The van der Waals surface area contributed by atoms with E-state index >= 15 is 0 Å². The number of alkyl halides is 3. The molecule has 0 spiro atoms. The molecule has 0 aliphatic rings. The van der Waals surface area contributed by atoms with Gasteiger partial charge in [0.2, 0.25) is 5.91 Å². The number of amides is 1. The van der Waals surface area contributed by atoms with Crippen LogP contribution in [-0.4, -0.2) is 32.3 Å². The van der Waals surface area contributed by atoms with Gasteiger partial charge in [-0.15, -0.1) is 0 Å². The molecule has 0 bridgehead atoms. The zero-order valence-corrected chi connectivity index (χ0v) is 17.7. The van der Waals surface area contributed by atoms with E-state index in [1.165, 1.54) is 17.2 Å². The van der Waals surface area contributed by atoms with Gasteiger partial charge in [-0.05, 0) is 42.5 Å². The molecule has 33 heavy (non-hydrogen) atoms. The van der Waals surface area contributed by atoms with Crippen LogP contribution < -0.4 is 15.6 Å². The van der Waals surface area contributed by atoms with E-state index in [1.807, 2.05) is 0 Å². The van der Waals surface area contributed by atoms with Crippen LogP contribution >= 0.6 is 11.6 Å². The van der Waals surface area contributed by atoms with Gasteiger partial charge >= 0.3 is 6.18 Å². The molecule has 4 rings (SSSR count). The normalized spacial score (nSPS) is 11.5. The quantitative estimate of drug-likeness (QED) is 0.471. The van der Waals surface area contributed by atoms with Gasteiger partial charge in [-0.1, -0.05) is 11.6 Å². The number of fused-ring (bicyclic) bond motifs is 1. The Morgan fingerprint density at radius 1 is 1.18 bits per heavy atom. The largest absolute Gasteiger partial charge is 0.497 e. The van der Waals surface area contributed by atoms with Gasteiger partial charge in [0.15, 0.2) is 5.65 Å². The van der Waals surface area contributed by atoms with Crippen LogP contribution in [-0.2, 0) is 17.5 Å². The molecule has 0 atom stereocenters. The van der Waals surface area contributed by atoms with Crippen LogP contribution in [0.15, 0.2) is 59.8 Å². The first-order chi connectivity index (χ1) is 15.7. The molecule has 1 amide bonds. The summed E-state index contributed by atoms with van der Waals surface area (Å²) in [4.78, 5) is 29.4. The molecule has 0 fully saturated rings. The highest BCUT2D eigenvalue weighted by atomic mass is 35.5. The number of aromatic nitrogens is 4. The summed E-state index contributed by atoms with van der Waals surface area (Å²) in [5.41, 5.74) is -0.792. The average molecular weight is 478 g/mol. The average Bonchev–Trinajstić information content (AvgIpc) is 3.21. The fourth-order valence-electron chi connectivity index (χ4n) is 3.12. The maximum atomic E-state index is 12.9. The van der Waals surface area contributed by atoms with E-state index in [1.54, 1.807) is 31.4 Å². The third-order valence-electron chi connectivity index (χ3n) is 4.75. The van der Waals surface area contributed by atoms with Crippen molar-refractivity contribution in [2.24, 2.45) is 0 Å². The fourth-order valence-corrected chi connectivity index (χ4v) is 3.28. The number of carbonyl (C=O) groups is 1. The van der Waals surface area contributed by atoms with Crippen molar-refractivity contribution in [3.8, 4) is 11.4 Å². The highest BCUT2D eigenvalue weighted by molar-refractivity contribution is 6.33. The predicted molar refractivity (Wildman–Crippen MR) is 115 cm³/mol. The first-order valence-corrected chi connectivity index (χ1v) is 9.79. The van der Waals surface area contributed by atoms with Crippen molar-refractivity contribution >= 4 is 34.2 Å². The molecule has 0 saturated heterocycles. The number of nitrogens with one attached hydrogen (secondary N) is 1. The molecule has 2 aromatic carbocycles. The van der Waals surface area contributed by atoms with Gasteiger partial charge in [0.1, 0.15) is 24.0 Å². The van der Waals surface area contributed by atoms with Crippen LogP contribution in [0.5, 0.6) is 5.75 Å². The van der Waals surface area contributed by atoms with E-state index in [2.05, 4.69) is 15.4 Å². The molecule has 170 valence electrons. The monoisotopic (exact) mass is 477 g/mol. The Morgan fingerprint density at radius 3 is 2.58 bits per heavy atom. The Balaban J connectivity index is 1.58. The van der Waals surface area contributed by atoms with E-state index in [0.717, 1.165) is 22.8 Å². The van der Waals surface area contributed by atoms with Crippen molar-refractivity contribution in [2.75, 3.05) is 12.4 Å². The number of hydrogen-bond acceptors (Lipinski definition) is 5. The molecule has 0 radical (unpaired) electrons. The lowest BCUT2D eigenvalue weighted by atomic mass is 10.2. The maximum Gasteiger partial charge on any atom is 0.416 e. The summed E-state index contributed by atoms with van der Waals surface area (Å²) in [6, 6.07) is 9.51. The van der Waals surface area contributed by atoms with Gasteiger partial charge in [-0.2, -0.15) is 18.3 Å². The molecule has 8 nitrogen and oxygen atoms in total. The number of benzene rings is 2. The van der Waals surface area contributed by atoms with Crippen LogP contribution in [0.1, 0.15) is 5.56 Å². The summed E-state index contributed by atoms with van der Waals surface area (Å²) in [5, 5.41) is 6.58. The van der Waals surface area contributed by atoms with Gasteiger partial charge in [-0.25, -0.2) is 9.67 Å². The van der Waals surface area contributed by atoms with Crippen molar-refractivity contribution in [1.82, 2.24) is 19.3 Å². The second-order valence-electron chi connectivity index (χ2n) is 6.91. The number of nitrogens with zero attached hydrogens (tertiary/aromatic N) is 4. The number of rotatable bonds is 5. The Kier molecular flexibility index (Phi) is 5.81. The summed E-state index contributed by atoms with van der Waals surface area (Å²) in [5.74, 6) is -0.0977. The van der Waals surface area contributed by atoms with Crippen LogP contribution in [0.25, 0.3) is 16.7 Å². The third-order valence-corrected chi connectivity index (χ3v) is 5.08. The number of carbonyl (C=O) groups excluding carboxylic acids is 1. The fraction of sp³-hybridized carbons (Fsp3) is 0.143. The van der Waals surface area contributed by atoms with Crippen molar-refractivity contribution in [2.45, 2.75) is 12.7 Å². The Labute approximate surface area is 189 Å². The molecule has 12 heteroatoms. The summed E-state index contributed by atoms with van der Waals surface area (Å²) in [6.45, 7) is -0.484. The van der Waals surface area contributed by atoms with Gasteiger partial charge < -0.3 is 10.1 Å². The summed E-state index contributed by atoms with van der Waals surface area (Å²) >= 11 is 5.90. The highest BCUT2D eigenvalue weighted by Crippen LogP contribution is 2.33. The molecule has 4 aromatic rings. The minimum atomic E-state index is -4.60. The SMILES string of the molecule is COc1ccc(-n2ncc3c(=O)n(CC(=O)Nc4cc(C(F)(F)F)ccc4Cl)cnc32)cc1. The number of methoxy groups -OCH3 is 1. The summed E-state index contributed by atoms with van der Waals surface area (Å²) in [7, 11) is 1.54. The van der Waals surface area contributed by atoms with Crippen molar-refractivity contribution in [1.29, 1.82) is 0 Å². The van der Waals surface area contributed by atoms with Crippen molar-refractivity contribution in [3.05, 3.63) is 75.9 Å². The van der Waals surface area contributed by atoms with Gasteiger partial charge in [0.05, 0.1) is 35.3 Å². The van der Waals surface area contributed by atoms with Crippen LogP contribution in [0.4, 0.5) is 18.9 Å². The number of ether oxygens (including phenoxy) is 1. The molecule has 2 heterocycles. The maximum absolute atomic E-state index is 12.9. The molecule has 0 aliphatic heterocycles. The van der Waals surface area contributed by atoms with Crippen molar-refractivity contribution in [3.63, 3.8) is 0 Å². The second kappa shape index (κ2) is 8.58. The Morgan fingerprint density at radius 2 is 1.91 bits per heavy atom. The van der Waals surface area contributed by atoms with E-state index in [0.29, 0.717) is 11.4 Å². The molecule has 0 aliphatic carbocycles. The minimum absolute atomic E-state index is 0.0713. The van der Waals surface area contributed by atoms with Crippen molar-refractivity contribution < 1.29 is 22.7 Å². The topological polar surface area (TPSA) is 91.0 Å². The van der Waals surface area contributed by atoms with Crippen LogP contribution in [0.3, 0.4) is 0 Å². The molecule has 0 unspecified atom stereocenters. The number of anilines is 1. The molecule has 1 N–H and O–H groups in total. The van der Waals surface area contributed by atoms with E-state index < -0.39 is 29.8 Å². The highest BCUT2D eigenvalue weighted by Gasteiger charge is 2.31. The number of halogens is 4. The molecule has 0 saturated carbocycles.